The first-order valence-corrected chi connectivity index (χ1v) is 15.4. The lowest BCUT2D eigenvalue weighted by atomic mass is 10.0. The van der Waals surface area contributed by atoms with E-state index in [9.17, 15) is 0 Å². The highest BCUT2D eigenvalue weighted by Gasteiger charge is 2.57. The van der Waals surface area contributed by atoms with E-state index in [-0.39, 0.29) is 0 Å². The van der Waals surface area contributed by atoms with Gasteiger partial charge in [-0.15, -0.1) is 0 Å². The lowest BCUT2D eigenvalue weighted by Crippen LogP contribution is -2.30. The third kappa shape index (κ3) is 2.40. The maximum atomic E-state index is 16.8. The summed E-state index contributed by atoms with van der Waals surface area (Å²) in [6.07, 6.45) is 0. The van der Waals surface area contributed by atoms with E-state index in [0.717, 1.165) is 70.4 Å². The highest BCUT2D eigenvalue weighted by Crippen LogP contribution is 2.71. The van der Waals surface area contributed by atoms with Gasteiger partial charge in [-0.2, -0.15) is 0 Å². The van der Waals surface area contributed by atoms with Crippen LogP contribution in [0.2, 0.25) is 0 Å². The summed E-state index contributed by atoms with van der Waals surface area (Å²) in [4.78, 5) is 5.78. The SMILES string of the molecule is O=S12(c3ccccc3-c3ccccc31)c1ccccc1-c1ccc(N3c4ccccc4Oc4ccccc43)cc12. The van der Waals surface area contributed by atoms with E-state index in [1.165, 1.54) is 0 Å². The second kappa shape index (κ2) is 7.38. The Bertz CT molecular complexity index is 2010. The summed E-state index contributed by atoms with van der Waals surface area (Å²) in [6.45, 7) is 0. The number of para-hydroxylation sites is 4. The fourth-order valence-electron chi connectivity index (χ4n) is 6.97. The minimum Gasteiger partial charge on any atom is -0.453 e. The molecule has 1 spiro atoms. The Morgan fingerprint density at radius 2 is 0.875 bits per heavy atom. The number of nitrogens with zero attached hydrogens (tertiary/aromatic N) is 1. The molecule has 190 valence electrons. The molecule has 6 aromatic carbocycles. The Labute approximate surface area is 232 Å². The number of fused-ring (bicyclic) bond motifs is 12. The molecular formula is C36H23NO2S. The van der Waals surface area contributed by atoms with Crippen molar-refractivity contribution in [3.63, 3.8) is 0 Å². The van der Waals surface area contributed by atoms with Crippen LogP contribution in [0.25, 0.3) is 22.3 Å². The molecule has 0 amide bonds. The number of benzene rings is 6. The summed E-state index contributed by atoms with van der Waals surface area (Å²) in [7, 11) is -3.91. The van der Waals surface area contributed by atoms with Crippen LogP contribution >= 0.6 is 0 Å². The van der Waals surface area contributed by atoms with Gasteiger partial charge >= 0.3 is 0 Å². The van der Waals surface area contributed by atoms with E-state index in [0.29, 0.717) is 0 Å². The quantitative estimate of drug-likeness (QED) is 0.210. The monoisotopic (exact) mass is 533 g/mol. The van der Waals surface area contributed by atoms with Crippen molar-refractivity contribution in [3.05, 3.63) is 140 Å². The zero-order valence-electron chi connectivity index (χ0n) is 21.5. The van der Waals surface area contributed by atoms with Crippen molar-refractivity contribution < 1.29 is 8.95 Å². The van der Waals surface area contributed by atoms with Crippen molar-refractivity contribution >= 4 is 26.1 Å². The fourth-order valence-corrected chi connectivity index (χ4v) is 12.1. The summed E-state index contributed by atoms with van der Waals surface area (Å²) < 4.78 is 23.0. The molecule has 0 saturated heterocycles. The third-order valence-electron chi connectivity index (χ3n) is 8.58. The van der Waals surface area contributed by atoms with Crippen LogP contribution in [-0.2, 0) is 9.07 Å². The van der Waals surface area contributed by atoms with E-state index < -0.39 is 9.07 Å². The van der Waals surface area contributed by atoms with E-state index in [4.69, 9.17) is 4.74 Å². The van der Waals surface area contributed by atoms with Crippen LogP contribution in [0.5, 0.6) is 11.5 Å². The molecule has 40 heavy (non-hydrogen) atoms. The van der Waals surface area contributed by atoms with Crippen molar-refractivity contribution in [3.8, 4) is 33.8 Å². The largest absolute Gasteiger partial charge is 0.453 e. The van der Waals surface area contributed by atoms with E-state index in [1.54, 1.807) is 0 Å². The van der Waals surface area contributed by atoms with E-state index >= 15 is 4.21 Å². The predicted octanol–water partition coefficient (Wildman–Crippen LogP) is 9.58. The molecule has 3 nitrogen and oxygen atoms in total. The standard InChI is InChI=1S/C36H23NO2S/c38-40(33-18-8-1-11-25(33)26-12-2-9-19-34(26)40)35-20-10-3-13-27(35)28-22-21-24(23-36(28)40)37-29-14-4-6-16-31(29)39-32-17-7-5-15-30(32)37/h1-23H. The average Bonchev–Trinajstić information content (AvgIpc) is 3.40. The Kier molecular flexibility index (Phi) is 4.05. The Hall–Kier alpha value is -4.93. The zero-order chi connectivity index (χ0) is 26.5. The van der Waals surface area contributed by atoms with Gasteiger partial charge in [0.05, 0.1) is 11.4 Å². The number of hydrogen-bond acceptors (Lipinski definition) is 3. The van der Waals surface area contributed by atoms with Crippen LogP contribution in [-0.4, -0.2) is 4.21 Å². The number of rotatable bonds is 1. The first-order valence-electron chi connectivity index (χ1n) is 13.4. The molecular weight excluding hydrogens is 510 g/mol. The minimum atomic E-state index is -3.91. The Morgan fingerprint density at radius 1 is 0.450 bits per heavy atom. The Morgan fingerprint density at radius 3 is 1.40 bits per heavy atom. The minimum absolute atomic E-state index is 0.794. The molecule has 0 N–H and O–H groups in total. The average molecular weight is 534 g/mol. The van der Waals surface area contributed by atoms with Gasteiger partial charge in [-0.25, -0.2) is 0 Å². The van der Waals surface area contributed by atoms with Crippen LogP contribution in [0.3, 0.4) is 0 Å². The van der Waals surface area contributed by atoms with Crippen molar-refractivity contribution in [2.75, 3.05) is 4.90 Å². The third-order valence-corrected chi connectivity index (χ3v) is 13.3. The lowest BCUT2D eigenvalue weighted by molar-refractivity contribution is 0.477. The van der Waals surface area contributed by atoms with Gasteiger partial charge < -0.3 is 9.64 Å². The normalized spacial score (nSPS) is 16.8. The van der Waals surface area contributed by atoms with Crippen molar-refractivity contribution in [2.45, 2.75) is 19.6 Å². The molecule has 9 rings (SSSR count). The van der Waals surface area contributed by atoms with Crippen LogP contribution in [0, 0.1) is 0 Å². The predicted molar refractivity (Wildman–Crippen MR) is 160 cm³/mol. The smallest absolute Gasteiger partial charge is 0.151 e. The first kappa shape index (κ1) is 21.9. The molecule has 0 fully saturated rings. The van der Waals surface area contributed by atoms with Crippen molar-refractivity contribution in [1.29, 1.82) is 0 Å². The summed E-state index contributed by atoms with van der Waals surface area (Å²) in [6, 6.07) is 47.4. The molecule has 6 aromatic rings. The van der Waals surface area contributed by atoms with Gasteiger partial charge in [0.2, 0.25) is 0 Å². The molecule has 3 heterocycles. The van der Waals surface area contributed by atoms with Crippen molar-refractivity contribution in [1.82, 2.24) is 0 Å². The molecule has 0 radical (unpaired) electrons. The molecule has 0 atom stereocenters. The Balaban J connectivity index is 1.41. The van der Waals surface area contributed by atoms with Gasteiger partial charge in [-0.3, -0.25) is 4.21 Å². The molecule has 4 heteroatoms. The number of ether oxygens (including phenoxy) is 1. The van der Waals surface area contributed by atoms with Gasteiger partial charge in [-0.05, 0) is 76.9 Å². The van der Waals surface area contributed by atoms with E-state index in [2.05, 4.69) is 71.6 Å². The van der Waals surface area contributed by atoms with Crippen LogP contribution in [0.15, 0.2) is 159 Å². The summed E-state index contributed by atoms with van der Waals surface area (Å²) in [5.74, 6) is 1.59. The fraction of sp³-hybridized carbons (Fsp3) is 0. The lowest BCUT2D eigenvalue weighted by Gasteiger charge is -2.39. The molecule has 3 aliphatic heterocycles. The van der Waals surface area contributed by atoms with Gasteiger partial charge in [0.1, 0.15) is 0 Å². The zero-order valence-corrected chi connectivity index (χ0v) is 22.3. The highest BCUT2D eigenvalue weighted by atomic mass is 32.3. The van der Waals surface area contributed by atoms with E-state index in [1.807, 2.05) is 72.8 Å². The van der Waals surface area contributed by atoms with Gasteiger partial charge in [0.15, 0.2) is 11.5 Å². The van der Waals surface area contributed by atoms with Gasteiger partial charge in [0, 0.05) is 34.3 Å². The molecule has 0 aliphatic carbocycles. The maximum Gasteiger partial charge on any atom is 0.151 e. The van der Waals surface area contributed by atoms with Crippen LogP contribution in [0.4, 0.5) is 17.1 Å². The second-order valence-electron chi connectivity index (χ2n) is 10.5. The summed E-state index contributed by atoms with van der Waals surface area (Å²) >= 11 is 0. The second-order valence-corrected chi connectivity index (χ2v) is 14.1. The topological polar surface area (TPSA) is 29.5 Å². The number of hydrogen-bond donors (Lipinski definition) is 0. The summed E-state index contributed by atoms with van der Waals surface area (Å²) in [5, 5.41) is 0. The summed E-state index contributed by atoms with van der Waals surface area (Å²) in [5.41, 5.74) is 7.01. The molecule has 0 bridgehead atoms. The highest BCUT2D eigenvalue weighted by molar-refractivity contribution is 8.21. The molecule has 0 unspecified atom stereocenters. The van der Waals surface area contributed by atoms with Gasteiger partial charge in [0.25, 0.3) is 0 Å². The number of anilines is 3. The molecule has 0 saturated carbocycles. The first-order chi connectivity index (χ1) is 19.7. The molecule has 3 aliphatic rings. The van der Waals surface area contributed by atoms with Crippen LogP contribution < -0.4 is 9.64 Å². The molecule has 0 aromatic heterocycles. The van der Waals surface area contributed by atoms with Gasteiger partial charge in [-0.1, -0.05) is 84.9 Å². The van der Waals surface area contributed by atoms with Crippen LogP contribution in [0.1, 0.15) is 0 Å². The van der Waals surface area contributed by atoms with Crippen molar-refractivity contribution in [2.24, 2.45) is 0 Å². The maximum absolute atomic E-state index is 16.8.